The van der Waals surface area contributed by atoms with E-state index in [1.807, 2.05) is 0 Å². The van der Waals surface area contributed by atoms with Gasteiger partial charge in [-0.25, -0.2) is 15.0 Å². The number of fused-ring (bicyclic) bond motifs is 3. The first-order valence-corrected chi connectivity index (χ1v) is 16.5. The molecule has 45 heavy (non-hydrogen) atoms. The third-order valence-electron chi connectivity index (χ3n) is 9.21. The van der Waals surface area contributed by atoms with Crippen LogP contribution in [0.1, 0.15) is 33.4 Å². The minimum absolute atomic E-state index is 0.690. The van der Waals surface area contributed by atoms with Crippen molar-refractivity contribution in [1.82, 2.24) is 19.5 Å². The maximum Gasteiger partial charge on any atom is 0.163 e. The lowest BCUT2D eigenvalue weighted by Crippen LogP contribution is -2.03. The Labute approximate surface area is 269 Å². The molecule has 0 saturated heterocycles. The molecule has 0 aliphatic rings. The third-order valence-corrected chi connectivity index (χ3v) is 9.94. The van der Waals surface area contributed by atoms with Gasteiger partial charge in [-0.15, -0.1) is 11.8 Å². The van der Waals surface area contributed by atoms with Gasteiger partial charge in [-0.05, 0) is 135 Å². The van der Waals surface area contributed by atoms with Gasteiger partial charge in [-0.1, -0.05) is 42.5 Å². The van der Waals surface area contributed by atoms with Crippen LogP contribution in [0.4, 0.5) is 0 Å². The van der Waals surface area contributed by atoms with Crippen LogP contribution in [0, 0.1) is 41.5 Å². The molecule has 0 unspecified atom stereocenters. The number of hydrogen-bond donors (Lipinski definition) is 0. The molecular formula is C40H36N4S. The van der Waals surface area contributed by atoms with E-state index in [2.05, 4.69) is 147 Å². The summed E-state index contributed by atoms with van der Waals surface area (Å²) in [6.45, 7) is 13.0. The number of thioether (sulfide) groups is 1. The summed E-state index contributed by atoms with van der Waals surface area (Å²) in [7, 11) is 0. The highest BCUT2D eigenvalue weighted by atomic mass is 32.2. The van der Waals surface area contributed by atoms with Gasteiger partial charge in [0.2, 0.25) is 0 Å². The normalized spacial score (nSPS) is 11.5. The first kappa shape index (κ1) is 29.0. The predicted molar refractivity (Wildman–Crippen MR) is 191 cm³/mol. The highest BCUT2D eigenvalue weighted by Gasteiger charge is 2.19. The molecule has 2 heterocycles. The Morgan fingerprint density at radius 2 is 1.18 bits per heavy atom. The second-order valence-corrected chi connectivity index (χ2v) is 12.9. The molecular weight excluding hydrogens is 569 g/mol. The summed E-state index contributed by atoms with van der Waals surface area (Å²) in [6, 6.07) is 31.0. The Hall–Kier alpha value is -4.74. The Balaban J connectivity index is 1.40. The molecule has 0 atom stereocenters. The molecule has 0 aliphatic heterocycles. The van der Waals surface area contributed by atoms with Gasteiger partial charge in [0, 0.05) is 26.8 Å². The number of rotatable bonds is 5. The molecule has 0 amide bonds. The smallest absolute Gasteiger partial charge is 0.163 e. The molecule has 0 spiro atoms. The van der Waals surface area contributed by atoms with E-state index in [-0.39, 0.29) is 0 Å². The van der Waals surface area contributed by atoms with Crippen LogP contribution in [0.2, 0.25) is 0 Å². The van der Waals surface area contributed by atoms with Crippen molar-refractivity contribution in [2.45, 2.75) is 46.4 Å². The molecule has 0 N–H and O–H groups in total. The van der Waals surface area contributed by atoms with E-state index in [1.54, 1.807) is 18.1 Å². The van der Waals surface area contributed by atoms with E-state index in [1.165, 1.54) is 76.9 Å². The van der Waals surface area contributed by atoms with Crippen LogP contribution >= 0.6 is 11.8 Å². The molecule has 2 aromatic heterocycles. The monoisotopic (exact) mass is 604 g/mol. The maximum absolute atomic E-state index is 5.02. The largest absolute Gasteiger partial charge is 0.309 e. The Bertz CT molecular complexity index is 2210. The fourth-order valence-corrected chi connectivity index (χ4v) is 7.17. The summed E-state index contributed by atoms with van der Waals surface area (Å²) in [5.41, 5.74) is 15.4. The van der Waals surface area contributed by atoms with Crippen LogP contribution in [-0.4, -0.2) is 25.8 Å². The zero-order valence-electron chi connectivity index (χ0n) is 26.9. The number of hydrogen-bond acceptors (Lipinski definition) is 4. The minimum Gasteiger partial charge on any atom is -0.309 e. The molecule has 5 aromatic carbocycles. The maximum atomic E-state index is 5.02. The Morgan fingerprint density at radius 3 is 1.84 bits per heavy atom. The van der Waals surface area contributed by atoms with Crippen molar-refractivity contribution >= 4 is 33.6 Å². The van der Waals surface area contributed by atoms with E-state index in [0.717, 1.165) is 17.0 Å². The van der Waals surface area contributed by atoms with Crippen molar-refractivity contribution in [2.75, 3.05) is 6.26 Å². The molecule has 5 heteroatoms. The van der Waals surface area contributed by atoms with Gasteiger partial charge in [0.25, 0.3) is 0 Å². The van der Waals surface area contributed by atoms with Crippen molar-refractivity contribution < 1.29 is 0 Å². The van der Waals surface area contributed by atoms with Crippen molar-refractivity contribution in [1.29, 1.82) is 0 Å². The molecule has 0 radical (unpaired) electrons. The molecule has 0 fully saturated rings. The van der Waals surface area contributed by atoms with Crippen LogP contribution < -0.4 is 0 Å². The molecule has 222 valence electrons. The highest BCUT2D eigenvalue weighted by molar-refractivity contribution is 7.98. The van der Waals surface area contributed by atoms with Gasteiger partial charge < -0.3 is 4.57 Å². The standard InChI is InChI=1S/C40H36N4S/c1-23-17-24(2)28(6)37(27(23)5)40-42-22-41-39(43-40)31-18-25(3)38(26(4)19-31)44-35-15-13-30(29-11-9-8-10-12-29)20-33(35)34-21-32(45-7)14-16-36(34)44/h8-22H,1-7H3. The lowest BCUT2D eigenvalue weighted by atomic mass is 9.94. The van der Waals surface area contributed by atoms with Crippen molar-refractivity contribution in [2.24, 2.45) is 0 Å². The number of aryl methyl sites for hydroxylation is 4. The summed E-state index contributed by atoms with van der Waals surface area (Å²) in [4.78, 5) is 15.5. The first-order chi connectivity index (χ1) is 21.7. The fraction of sp³-hybridized carbons (Fsp3) is 0.175. The van der Waals surface area contributed by atoms with E-state index in [4.69, 9.17) is 4.98 Å². The molecule has 0 aliphatic carbocycles. The average Bonchev–Trinajstić information content (AvgIpc) is 3.36. The quantitative estimate of drug-likeness (QED) is 0.183. The summed E-state index contributed by atoms with van der Waals surface area (Å²) >= 11 is 1.78. The van der Waals surface area contributed by atoms with Crippen molar-refractivity contribution in [3.8, 4) is 39.6 Å². The van der Waals surface area contributed by atoms with Gasteiger partial charge in [-0.3, -0.25) is 0 Å². The summed E-state index contributed by atoms with van der Waals surface area (Å²) in [5.74, 6) is 1.41. The number of nitrogens with zero attached hydrogens (tertiary/aromatic N) is 4. The lowest BCUT2D eigenvalue weighted by molar-refractivity contribution is 1.05. The number of aromatic nitrogens is 4. The number of benzene rings is 5. The van der Waals surface area contributed by atoms with Gasteiger partial charge in [0.15, 0.2) is 11.6 Å². The van der Waals surface area contributed by atoms with Crippen LogP contribution in [0.5, 0.6) is 0 Å². The summed E-state index contributed by atoms with van der Waals surface area (Å²) < 4.78 is 2.43. The topological polar surface area (TPSA) is 43.6 Å². The van der Waals surface area contributed by atoms with Crippen LogP contribution in [0.3, 0.4) is 0 Å². The first-order valence-electron chi connectivity index (χ1n) is 15.3. The zero-order chi connectivity index (χ0) is 31.4. The highest BCUT2D eigenvalue weighted by Crippen LogP contribution is 2.39. The summed E-state index contributed by atoms with van der Waals surface area (Å²) in [6.07, 6.45) is 3.78. The zero-order valence-corrected chi connectivity index (χ0v) is 27.7. The Morgan fingerprint density at radius 1 is 0.556 bits per heavy atom. The molecule has 7 rings (SSSR count). The van der Waals surface area contributed by atoms with E-state index < -0.39 is 0 Å². The van der Waals surface area contributed by atoms with E-state index in [9.17, 15) is 0 Å². The lowest BCUT2D eigenvalue weighted by Gasteiger charge is -2.17. The van der Waals surface area contributed by atoms with Gasteiger partial charge >= 0.3 is 0 Å². The molecule has 7 aromatic rings. The SMILES string of the molecule is CSc1ccc2c(c1)c1cc(-c3ccccc3)ccc1n2-c1c(C)cc(-c2ncnc(-c3c(C)c(C)cc(C)c3C)n2)cc1C. The minimum atomic E-state index is 0.690. The molecule has 0 saturated carbocycles. The van der Waals surface area contributed by atoms with Gasteiger partial charge in [0.1, 0.15) is 6.33 Å². The molecule has 0 bridgehead atoms. The predicted octanol–water partition coefficient (Wildman–Crippen LogP) is 10.5. The van der Waals surface area contributed by atoms with Crippen LogP contribution in [-0.2, 0) is 0 Å². The summed E-state index contributed by atoms with van der Waals surface area (Å²) in [5, 5.41) is 2.52. The van der Waals surface area contributed by atoms with Gasteiger partial charge in [-0.2, -0.15) is 0 Å². The van der Waals surface area contributed by atoms with E-state index >= 15 is 0 Å². The second-order valence-electron chi connectivity index (χ2n) is 12.0. The Kier molecular flexibility index (Phi) is 7.29. The van der Waals surface area contributed by atoms with Crippen LogP contribution in [0.15, 0.2) is 96.2 Å². The van der Waals surface area contributed by atoms with Crippen molar-refractivity contribution in [3.05, 3.63) is 125 Å². The fourth-order valence-electron chi connectivity index (χ4n) is 6.73. The third kappa shape index (κ3) is 4.92. The molecule has 4 nitrogen and oxygen atoms in total. The van der Waals surface area contributed by atoms with Crippen molar-refractivity contribution in [3.63, 3.8) is 0 Å². The van der Waals surface area contributed by atoms with Gasteiger partial charge in [0.05, 0.1) is 16.7 Å². The van der Waals surface area contributed by atoms with E-state index in [0.29, 0.717) is 5.82 Å². The second kappa shape index (κ2) is 11.3. The average molecular weight is 605 g/mol. The van der Waals surface area contributed by atoms with Crippen LogP contribution in [0.25, 0.3) is 61.4 Å².